The third-order valence-electron chi connectivity index (χ3n) is 11.7. The maximum Gasteiger partial charge on any atom is 0.135 e. The summed E-state index contributed by atoms with van der Waals surface area (Å²) >= 11 is 0. The molecule has 3 heteroatoms. The van der Waals surface area contributed by atoms with Crippen LogP contribution in [-0.2, 0) is 0 Å². The van der Waals surface area contributed by atoms with Crippen molar-refractivity contribution < 1.29 is 4.42 Å². The molecule has 0 aliphatic rings. The summed E-state index contributed by atoms with van der Waals surface area (Å²) in [5.74, 6) is 0. The van der Waals surface area contributed by atoms with E-state index in [1.165, 1.54) is 82.7 Å². The van der Waals surface area contributed by atoms with E-state index in [0.717, 1.165) is 27.6 Å². The fourth-order valence-corrected chi connectivity index (χ4v) is 9.16. The number of hydrogen-bond acceptors (Lipinski definition) is 1. The molecule has 0 amide bonds. The summed E-state index contributed by atoms with van der Waals surface area (Å²) in [5, 5.41) is 7.18. The number of rotatable bonds is 5. The Hall–Kier alpha value is -7.62. The lowest BCUT2D eigenvalue weighted by Gasteiger charge is -2.19. The Labute approximate surface area is 328 Å². The Kier molecular flexibility index (Phi) is 6.93. The fourth-order valence-electron chi connectivity index (χ4n) is 9.16. The number of furan rings is 1. The van der Waals surface area contributed by atoms with Crippen LogP contribution in [0.2, 0.25) is 0 Å². The highest BCUT2D eigenvalue weighted by Crippen LogP contribution is 2.43. The molecule has 0 aliphatic heterocycles. The number of benzene rings is 9. The number of aromatic nitrogens is 2. The molecule has 3 nitrogen and oxygen atoms in total. The highest BCUT2D eigenvalue weighted by atomic mass is 16.3. The van der Waals surface area contributed by atoms with E-state index in [-0.39, 0.29) is 0 Å². The van der Waals surface area contributed by atoms with Crippen molar-refractivity contribution >= 4 is 65.6 Å². The molecule has 0 aliphatic carbocycles. The van der Waals surface area contributed by atoms with Crippen LogP contribution in [0.1, 0.15) is 0 Å². The summed E-state index contributed by atoms with van der Waals surface area (Å²) in [5.41, 5.74) is 16.0. The van der Waals surface area contributed by atoms with E-state index in [1.807, 2.05) is 12.1 Å². The van der Waals surface area contributed by atoms with Crippen LogP contribution in [-0.4, -0.2) is 9.13 Å². The lowest BCUT2D eigenvalue weighted by atomic mass is 9.95. The molecular weight excluding hydrogens is 693 g/mol. The summed E-state index contributed by atoms with van der Waals surface area (Å²) in [7, 11) is 0. The van der Waals surface area contributed by atoms with Gasteiger partial charge in [-0.25, -0.2) is 0 Å². The Morgan fingerprint density at radius 3 is 1.40 bits per heavy atom. The highest BCUT2D eigenvalue weighted by Gasteiger charge is 2.21. The molecule has 12 rings (SSSR count). The lowest BCUT2D eigenvalue weighted by Crippen LogP contribution is -2.00. The van der Waals surface area contributed by atoms with Gasteiger partial charge >= 0.3 is 0 Å². The van der Waals surface area contributed by atoms with Crippen molar-refractivity contribution in [3.8, 4) is 44.8 Å². The molecule has 3 heterocycles. The summed E-state index contributed by atoms with van der Waals surface area (Å²) < 4.78 is 11.1. The van der Waals surface area contributed by atoms with E-state index in [9.17, 15) is 0 Å². The third kappa shape index (κ3) is 4.86. The van der Waals surface area contributed by atoms with Crippen LogP contribution < -0.4 is 0 Å². The SMILES string of the molecule is c1ccc(-c2cccc(-c3ccccc3)c2-n2c3ccccc3c3cc(-c4ccc5c(c4)c4ccccc4n5-c4ccc5oc6ccccc6c5c4)ccc32)cc1. The molecule has 0 bridgehead atoms. The Morgan fingerprint density at radius 2 is 0.772 bits per heavy atom. The van der Waals surface area contributed by atoms with Gasteiger partial charge in [0.05, 0.1) is 27.8 Å². The van der Waals surface area contributed by atoms with Gasteiger partial charge in [0.1, 0.15) is 11.2 Å². The van der Waals surface area contributed by atoms with Gasteiger partial charge in [-0.15, -0.1) is 0 Å². The monoisotopic (exact) mass is 726 g/mol. The highest BCUT2D eigenvalue weighted by molar-refractivity contribution is 6.14. The van der Waals surface area contributed by atoms with E-state index < -0.39 is 0 Å². The standard InChI is InChI=1S/C54H34N2O/c1-3-14-35(15-4-1)40-21-13-22-41(36-16-5-2-6-17-36)54(40)56-49-24-11-8-19-43(49)46-33-38(27-30-51(46)56)37-26-29-50-45(32-37)42-18-7-10-23-48(42)55(50)39-28-31-53-47(34-39)44-20-9-12-25-52(44)57-53/h1-34H. The molecule has 0 saturated carbocycles. The van der Waals surface area contributed by atoms with Crippen molar-refractivity contribution in [1.29, 1.82) is 0 Å². The summed E-state index contributed by atoms with van der Waals surface area (Å²) in [6, 6.07) is 74.6. The molecule has 12 aromatic rings. The van der Waals surface area contributed by atoms with E-state index in [1.54, 1.807) is 0 Å². The zero-order valence-corrected chi connectivity index (χ0v) is 30.9. The van der Waals surface area contributed by atoms with Gasteiger partial charge in [-0.3, -0.25) is 0 Å². The van der Waals surface area contributed by atoms with Crippen LogP contribution >= 0.6 is 0 Å². The van der Waals surface area contributed by atoms with Crippen LogP contribution in [0, 0.1) is 0 Å². The van der Waals surface area contributed by atoms with Gasteiger partial charge < -0.3 is 13.6 Å². The van der Waals surface area contributed by atoms with E-state index in [0.29, 0.717) is 0 Å². The Bertz CT molecular complexity index is 3450. The smallest absolute Gasteiger partial charge is 0.135 e. The largest absolute Gasteiger partial charge is 0.456 e. The molecular formula is C54H34N2O. The average molecular weight is 727 g/mol. The van der Waals surface area contributed by atoms with Gasteiger partial charge in [-0.1, -0.05) is 146 Å². The predicted octanol–water partition coefficient (Wildman–Crippen LogP) is 14.8. The molecule has 0 N–H and O–H groups in total. The second-order valence-electron chi connectivity index (χ2n) is 14.9. The molecule has 3 aromatic heterocycles. The average Bonchev–Trinajstić information content (AvgIpc) is 3.93. The van der Waals surface area contributed by atoms with Gasteiger partial charge in [0.25, 0.3) is 0 Å². The second kappa shape index (κ2) is 12.5. The van der Waals surface area contributed by atoms with Gasteiger partial charge in [0, 0.05) is 49.1 Å². The Morgan fingerprint density at radius 1 is 0.281 bits per heavy atom. The maximum atomic E-state index is 6.19. The number of hydrogen-bond donors (Lipinski definition) is 0. The molecule has 57 heavy (non-hydrogen) atoms. The van der Waals surface area contributed by atoms with Crippen LogP contribution in [0.5, 0.6) is 0 Å². The topological polar surface area (TPSA) is 23.0 Å². The maximum absolute atomic E-state index is 6.19. The van der Waals surface area contributed by atoms with Gasteiger partial charge in [-0.05, 0) is 82.9 Å². The predicted molar refractivity (Wildman–Crippen MR) is 239 cm³/mol. The van der Waals surface area contributed by atoms with Crippen LogP contribution in [0.25, 0.3) is 110 Å². The lowest BCUT2D eigenvalue weighted by molar-refractivity contribution is 0.669. The van der Waals surface area contributed by atoms with Crippen LogP contribution in [0.15, 0.2) is 211 Å². The first-order chi connectivity index (χ1) is 28.3. The Balaban J connectivity index is 1.06. The summed E-state index contributed by atoms with van der Waals surface area (Å²) in [6.45, 7) is 0. The van der Waals surface area contributed by atoms with Crippen molar-refractivity contribution in [3.05, 3.63) is 206 Å². The van der Waals surface area contributed by atoms with E-state index in [2.05, 4.69) is 203 Å². The fraction of sp³-hybridized carbons (Fsp3) is 0. The number of para-hydroxylation sites is 4. The van der Waals surface area contributed by atoms with Crippen molar-refractivity contribution in [1.82, 2.24) is 9.13 Å². The first-order valence-electron chi connectivity index (χ1n) is 19.5. The van der Waals surface area contributed by atoms with Crippen molar-refractivity contribution in [2.24, 2.45) is 0 Å². The molecule has 0 fully saturated rings. The molecule has 0 atom stereocenters. The van der Waals surface area contributed by atoms with Crippen molar-refractivity contribution in [3.63, 3.8) is 0 Å². The minimum Gasteiger partial charge on any atom is -0.456 e. The first kappa shape index (κ1) is 31.7. The second-order valence-corrected chi connectivity index (χ2v) is 14.9. The third-order valence-corrected chi connectivity index (χ3v) is 11.7. The van der Waals surface area contributed by atoms with Gasteiger partial charge in [-0.2, -0.15) is 0 Å². The minimum atomic E-state index is 0.902. The van der Waals surface area contributed by atoms with Crippen LogP contribution in [0.4, 0.5) is 0 Å². The van der Waals surface area contributed by atoms with Crippen molar-refractivity contribution in [2.45, 2.75) is 0 Å². The van der Waals surface area contributed by atoms with E-state index >= 15 is 0 Å². The first-order valence-corrected chi connectivity index (χ1v) is 19.5. The number of fused-ring (bicyclic) bond motifs is 9. The number of nitrogens with zero attached hydrogens (tertiary/aromatic N) is 2. The molecule has 266 valence electrons. The summed E-state index contributed by atoms with van der Waals surface area (Å²) in [6.07, 6.45) is 0. The minimum absolute atomic E-state index is 0.902. The zero-order chi connectivity index (χ0) is 37.5. The molecule has 9 aromatic carbocycles. The van der Waals surface area contributed by atoms with E-state index in [4.69, 9.17) is 4.42 Å². The van der Waals surface area contributed by atoms with Crippen LogP contribution in [0.3, 0.4) is 0 Å². The molecule has 0 saturated heterocycles. The zero-order valence-electron chi connectivity index (χ0n) is 30.9. The van der Waals surface area contributed by atoms with Crippen molar-refractivity contribution in [2.75, 3.05) is 0 Å². The van der Waals surface area contributed by atoms with Gasteiger partial charge in [0.2, 0.25) is 0 Å². The normalized spacial score (nSPS) is 11.9. The molecule has 0 radical (unpaired) electrons. The molecule has 0 spiro atoms. The summed E-state index contributed by atoms with van der Waals surface area (Å²) in [4.78, 5) is 0. The molecule has 0 unspecified atom stereocenters. The quantitative estimate of drug-likeness (QED) is 0.173. The van der Waals surface area contributed by atoms with Gasteiger partial charge in [0.15, 0.2) is 0 Å².